The van der Waals surface area contributed by atoms with Crippen LogP contribution in [0.25, 0.3) is 11.0 Å². The Bertz CT molecular complexity index is 1330. The van der Waals surface area contributed by atoms with Gasteiger partial charge in [0, 0.05) is 5.69 Å². The summed E-state index contributed by atoms with van der Waals surface area (Å²) in [5.74, 6) is 0.488. The molecular formula is C23H22N4O2S. The van der Waals surface area contributed by atoms with Crippen LogP contribution in [0.3, 0.4) is 0 Å². The molecule has 0 saturated carbocycles. The molecule has 0 atom stereocenters. The number of benzene rings is 3. The van der Waals surface area contributed by atoms with Gasteiger partial charge in [0.25, 0.3) is 10.0 Å². The molecule has 0 aliphatic carbocycles. The van der Waals surface area contributed by atoms with Crippen molar-refractivity contribution in [2.24, 2.45) is 0 Å². The summed E-state index contributed by atoms with van der Waals surface area (Å²) in [6.45, 7) is 5.63. The van der Waals surface area contributed by atoms with Gasteiger partial charge in [0.05, 0.1) is 15.9 Å². The van der Waals surface area contributed by atoms with Crippen molar-refractivity contribution >= 4 is 38.4 Å². The second-order valence-corrected chi connectivity index (χ2v) is 8.93. The van der Waals surface area contributed by atoms with Crippen LogP contribution in [0.15, 0.2) is 71.6 Å². The highest BCUT2D eigenvalue weighted by molar-refractivity contribution is 7.92. The van der Waals surface area contributed by atoms with Crippen molar-refractivity contribution in [1.29, 1.82) is 0 Å². The molecule has 0 spiro atoms. The lowest BCUT2D eigenvalue weighted by molar-refractivity contribution is 0.600. The average molecular weight is 419 g/mol. The van der Waals surface area contributed by atoms with E-state index in [1.165, 1.54) is 0 Å². The summed E-state index contributed by atoms with van der Waals surface area (Å²) in [5.41, 5.74) is 4.71. The van der Waals surface area contributed by atoms with Crippen LogP contribution in [0, 0.1) is 20.8 Å². The molecule has 0 aliphatic heterocycles. The zero-order valence-corrected chi connectivity index (χ0v) is 17.8. The lowest BCUT2D eigenvalue weighted by Crippen LogP contribution is -2.17. The molecule has 4 rings (SSSR count). The summed E-state index contributed by atoms with van der Waals surface area (Å²) in [6, 6.07) is 20.4. The first kappa shape index (κ1) is 19.8. The van der Waals surface area contributed by atoms with Crippen molar-refractivity contribution in [3.05, 3.63) is 83.4 Å². The Hall–Kier alpha value is -3.45. The van der Waals surface area contributed by atoms with Gasteiger partial charge in [-0.3, -0.25) is 4.72 Å². The number of sulfonamides is 1. The van der Waals surface area contributed by atoms with E-state index in [0.29, 0.717) is 22.4 Å². The maximum absolute atomic E-state index is 13.2. The molecule has 152 valence electrons. The van der Waals surface area contributed by atoms with Gasteiger partial charge in [-0.05, 0) is 62.2 Å². The smallest absolute Gasteiger partial charge is 0.263 e. The third kappa shape index (κ3) is 4.11. The van der Waals surface area contributed by atoms with E-state index in [0.717, 1.165) is 16.8 Å². The Labute approximate surface area is 176 Å². The highest BCUT2D eigenvalue weighted by Gasteiger charge is 2.21. The molecule has 2 N–H and O–H groups in total. The van der Waals surface area contributed by atoms with Crippen molar-refractivity contribution in [1.82, 2.24) is 9.97 Å². The Morgan fingerprint density at radius 3 is 2.00 bits per heavy atom. The maximum Gasteiger partial charge on any atom is 0.263 e. The van der Waals surface area contributed by atoms with Gasteiger partial charge in [0.15, 0.2) is 11.6 Å². The summed E-state index contributed by atoms with van der Waals surface area (Å²) in [6.07, 6.45) is 0. The second kappa shape index (κ2) is 7.76. The topological polar surface area (TPSA) is 84.0 Å². The molecule has 1 aromatic heterocycles. The predicted octanol–water partition coefficient (Wildman–Crippen LogP) is 5.10. The quantitative estimate of drug-likeness (QED) is 0.471. The first-order valence-electron chi connectivity index (χ1n) is 9.52. The molecule has 30 heavy (non-hydrogen) atoms. The van der Waals surface area contributed by atoms with Crippen LogP contribution in [0.5, 0.6) is 0 Å². The highest BCUT2D eigenvalue weighted by Crippen LogP contribution is 2.28. The number of hydrogen-bond acceptors (Lipinski definition) is 5. The SMILES string of the molecule is Cc1ccc(Nc2nc3ccccc3nc2NS(=O)(=O)c2cc(C)ccc2C)cc1. The van der Waals surface area contributed by atoms with E-state index in [4.69, 9.17) is 0 Å². The summed E-state index contributed by atoms with van der Waals surface area (Å²) in [5, 5.41) is 3.19. The van der Waals surface area contributed by atoms with Gasteiger partial charge in [0.2, 0.25) is 0 Å². The lowest BCUT2D eigenvalue weighted by Gasteiger charge is -2.15. The lowest BCUT2D eigenvalue weighted by atomic mass is 10.2. The first-order chi connectivity index (χ1) is 14.3. The van der Waals surface area contributed by atoms with Crippen LogP contribution >= 0.6 is 0 Å². The van der Waals surface area contributed by atoms with Crippen LogP contribution in [0.1, 0.15) is 16.7 Å². The summed E-state index contributed by atoms with van der Waals surface area (Å²) >= 11 is 0. The molecular weight excluding hydrogens is 396 g/mol. The third-order valence-electron chi connectivity index (χ3n) is 4.75. The molecule has 3 aromatic carbocycles. The predicted molar refractivity (Wildman–Crippen MR) is 121 cm³/mol. The van der Waals surface area contributed by atoms with Gasteiger partial charge >= 0.3 is 0 Å². The van der Waals surface area contributed by atoms with Crippen LogP contribution < -0.4 is 10.0 Å². The number of nitrogens with one attached hydrogen (secondary N) is 2. The molecule has 0 saturated heterocycles. The van der Waals surface area contributed by atoms with E-state index < -0.39 is 10.0 Å². The highest BCUT2D eigenvalue weighted by atomic mass is 32.2. The number of anilines is 3. The molecule has 7 heteroatoms. The largest absolute Gasteiger partial charge is 0.337 e. The van der Waals surface area contributed by atoms with Crippen molar-refractivity contribution in [3.8, 4) is 0 Å². The van der Waals surface area contributed by atoms with Crippen LogP contribution in [-0.4, -0.2) is 18.4 Å². The van der Waals surface area contributed by atoms with Gasteiger partial charge in [-0.25, -0.2) is 18.4 Å². The molecule has 0 aliphatic rings. The number of nitrogens with zero attached hydrogens (tertiary/aromatic N) is 2. The number of rotatable bonds is 5. The number of fused-ring (bicyclic) bond motifs is 1. The minimum atomic E-state index is -3.85. The minimum Gasteiger partial charge on any atom is -0.337 e. The fraction of sp³-hybridized carbons (Fsp3) is 0.130. The van der Waals surface area contributed by atoms with E-state index in [1.54, 1.807) is 25.1 Å². The van der Waals surface area contributed by atoms with Crippen LogP contribution in [0.4, 0.5) is 17.3 Å². The van der Waals surface area contributed by atoms with Crippen molar-refractivity contribution in [2.75, 3.05) is 10.0 Å². The standard InChI is InChI=1S/C23H22N4O2S/c1-15-9-12-18(13-10-15)24-22-23(26-20-7-5-4-6-19(20)25-22)27-30(28,29)21-14-16(2)8-11-17(21)3/h4-14H,1-3H3,(H,24,25)(H,26,27). The molecule has 0 radical (unpaired) electrons. The fourth-order valence-electron chi connectivity index (χ4n) is 3.11. The number of aromatic nitrogens is 2. The number of para-hydroxylation sites is 2. The Balaban J connectivity index is 1.80. The average Bonchev–Trinajstić information content (AvgIpc) is 2.71. The Morgan fingerprint density at radius 1 is 0.733 bits per heavy atom. The van der Waals surface area contributed by atoms with Crippen molar-refractivity contribution < 1.29 is 8.42 Å². The molecule has 0 amide bonds. The van der Waals surface area contributed by atoms with Crippen LogP contribution in [0.2, 0.25) is 0 Å². The number of aryl methyl sites for hydroxylation is 3. The Morgan fingerprint density at radius 2 is 1.33 bits per heavy atom. The van der Waals surface area contributed by atoms with Crippen LogP contribution in [-0.2, 0) is 10.0 Å². The van der Waals surface area contributed by atoms with E-state index in [9.17, 15) is 8.42 Å². The zero-order valence-electron chi connectivity index (χ0n) is 17.0. The monoisotopic (exact) mass is 418 g/mol. The second-order valence-electron chi connectivity index (χ2n) is 7.28. The van der Waals surface area contributed by atoms with Crippen molar-refractivity contribution in [2.45, 2.75) is 25.7 Å². The summed E-state index contributed by atoms with van der Waals surface area (Å²) < 4.78 is 28.9. The molecule has 0 unspecified atom stereocenters. The minimum absolute atomic E-state index is 0.148. The van der Waals surface area contributed by atoms with E-state index in [1.807, 2.05) is 62.4 Å². The molecule has 1 heterocycles. The molecule has 0 bridgehead atoms. The Kier molecular flexibility index (Phi) is 5.13. The third-order valence-corrected chi connectivity index (χ3v) is 6.23. The molecule has 4 aromatic rings. The zero-order chi connectivity index (χ0) is 21.3. The van der Waals surface area contributed by atoms with Gasteiger partial charge in [-0.2, -0.15) is 0 Å². The molecule has 0 fully saturated rings. The van der Waals surface area contributed by atoms with Gasteiger partial charge in [-0.1, -0.05) is 42.0 Å². The summed E-state index contributed by atoms with van der Waals surface area (Å²) in [4.78, 5) is 9.37. The van der Waals surface area contributed by atoms with Gasteiger partial charge < -0.3 is 5.32 Å². The van der Waals surface area contributed by atoms with Gasteiger partial charge in [-0.15, -0.1) is 0 Å². The van der Waals surface area contributed by atoms with E-state index in [2.05, 4.69) is 20.0 Å². The van der Waals surface area contributed by atoms with E-state index >= 15 is 0 Å². The van der Waals surface area contributed by atoms with Crippen molar-refractivity contribution in [3.63, 3.8) is 0 Å². The van der Waals surface area contributed by atoms with Gasteiger partial charge in [0.1, 0.15) is 0 Å². The first-order valence-corrected chi connectivity index (χ1v) is 11.0. The molecule has 6 nitrogen and oxygen atoms in total. The maximum atomic E-state index is 13.2. The normalized spacial score (nSPS) is 11.4. The number of hydrogen-bond donors (Lipinski definition) is 2. The van der Waals surface area contributed by atoms with E-state index in [-0.39, 0.29) is 10.7 Å². The summed E-state index contributed by atoms with van der Waals surface area (Å²) in [7, 11) is -3.85. The fourth-order valence-corrected chi connectivity index (χ4v) is 4.45.